The Kier molecular flexibility index (Phi) is 12.9. The van der Waals surface area contributed by atoms with Gasteiger partial charge in [0.2, 0.25) is 17.7 Å². The van der Waals surface area contributed by atoms with E-state index in [4.69, 9.17) is 21.3 Å². The molecule has 4 fully saturated rings. The van der Waals surface area contributed by atoms with Gasteiger partial charge in [-0.1, -0.05) is 41.9 Å². The number of piperidine rings is 3. The number of fused-ring (bicyclic) bond motifs is 1. The number of imide groups is 1. The molecule has 3 N–H and O–H groups in total. The molecule has 0 spiro atoms. The molecule has 4 aliphatic heterocycles. The maximum absolute atomic E-state index is 13.7. The summed E-state index contributed by atoms with van der Waals surface area (Å²) < 4.78 is 6.23. The van der Waals surface area contributed by atoms with Crippen LogP contribution in [0.15, 0.2) is 109 Å². The van der Waals surface area contributed by atoms with Gasteiger partial charge in [0.25, 0.3) is 5.91 Å². The second-order valence-electron chi connectivity index (χ2n) is 18.1. The number of aromatic nitrogens is 3. The molecule has 1 atom stereocenters. The third kappa shape index (κ3) is 10.0. The van der Waals surface area contributed by atoms with E-state index in [0.29, 0.717) is 76.8 Å². The number of rotatable bonds is 11. The van der Waals surface area contributed by atoms with Crippen LogP contribution in [0.3, 0.4) is 0 Å². The number of likely N-dealkylation sites (tertiary alicyclic amines) is 1. The van der Waals surface area contributed by atoms with Crippen molar-refractivity contribution >= 4 is 63.5 Å². The summed E-state index contributed by atoms with van der Waals surface area (Å²) in [5.74, 6) is 1.72. The fourth-order valence-corrected chi connectivity index (χ4v) is 10.2. The van der Waals surface area contributed by atoms with Crippen molar-refractivity contribution in [2.45, 2.75) is 44.4 Å². The number of H-pyrrole nitrogens is 1. The maximum atomic E-state index is 13.7. The smallest absolute Gasteiger partial charge is 0.255 e. The van der Waals surface area contributed by atoms with Crippen LogP contribution < -0.4 is 25.2 Å². The Morgan fingerprint density at radius 2 is 1.42 bits per heavy atom. The van der Waals surface area contributed by atoms with E-state index in [9.17, 15) is 19.2 Å². The van der Waals surface area contributed by atoms with Gasteiger partial charge in [0.15, 0.2) is 11.4 Å². The highest BCUT2D eigenvalue weighted by atomic mass is 35.5. The standard InChI is InChI=1S/C52H54ClN9O5/c53-44-32-54-49-46(47(44)67-42-16-10-37(11-17-42)50(64)55-39-4-2-1-3-5-39)57-48(58-49)36-8-14-41(15-9-36)61-28-30-62(31-29-61)52(66)38-22-24-59(25-23-38)33-34-20-26-60(27-21-34)40-12-6-35(7-13-40)43-18-19-45(63)56-51(43)65/h1-17,32,34,38,43H,18-31,33H2,(H,55,64)(H,54,57,58)(H,56,63,65)/t43-/m1/s1. The summed E-state index contributed by atoms with van der Waals surface area (Å²) in [5, 5.41) is 5.68. The van der Waals surface area contributed by atoms with Gasteiger partial charge in [-0.2, -0.15) is 0 Å². The minimum Gasteiger partial charge on any atom is -0.453 e. The van der Waals surface area contributed by atoms with Crippen LogP contribution in [0.1, 0.15) is 60.4 Å². The number of pyridine rings is 1. The molecule has 4 aliphatic rings. The number of carbonyl (C=O) groups excluding carboxylic acids is 4. The Labute approximate surface area is 394 Å². The van der Waals surface area contributed by atoms with E-state index >= 15 is 0 Å². The molecule has 0 radical (unpaired) electrons. The number of aromatic amines is 1. The van der Waals surface area contributed by atoms with Gasteiger partial charge in [-0.3, -0.25) is 24.5 Å². The van der Waals surface area contributed by atoms with Crippen molar-refractivity contribution in [2.24, 2.45) is 11.8 Å². The monoisotopic (exact) mass is 919 g/mol. The number of amides is 4. The number of ether oxygens (including phenoxy) is 1. The molecule has 0 bridgehead atoms. The van der Waals surface area contributed by atoms with Crippen molar-refractivity contribution in [3.05, 3.63) is 125 Å². The van der Waals surface area contributed by atoms with E-state index in [1.807, 2.05) is 54.6 Å². The molecule has 6 aromatic rings. The minimum absolute atomic E-state index is 0.0881. The zero-order chi connectivity index (χ0) is 45.9. The van der Waals surface area contributed by atoms with Crippen molar-refractivity contribution in [2.75, 3.05) is 74.0 Å². The number of nitrogens with one attached hydrogen (secondary N) is 3. The average Bonchev–Trinajstić information content (AvgIpc) is 3.81. The first-order valence-electron chi connectivity index (χ1n) is 23.4. The highest BCUT2D eigenvalue weighted by Crippen LogP contribution is 2.37. The van der Waals surface area contributed by atoms with E-state index in [1.165, 1.54) is 11.9 Å². The van der Waals surface area contributed by atoms with Crippen molar-refractivity contribution < 1.29 is 23.9 Å². The number of nitrogens with zero attached hydrogens (tertiary/aromatic N) is 6. The minimum atomic E-state index is -0.253. The van der Waals surface area contributed by atoms with E-state index in [-0.39, 0.29) is 29.6 Å². The fourth-order valence-electron chi connectivity index (χ4n) is 9.97. The molecule has 0 unspecified atom stereocenters. The number of hydrogen-bond donors (Lipinski definition) is 3. The summed E-state index contributed by atoms with van der Waals surface area (Å²) in [4.78, 5) is 72.3. The number of halogens is 1. The molecule has 0 aliphatic carbocycles. The van der Waals surface area contributed by atoms with Crippen LogP contribution in [0.4, 0.5) is 17.1 Å². The second kappa shape index (κ2) is 19.6. The molecular weight excluding hydrogens is 866 g/mol. The quantitative estimate of drug-likeness (QED) is 0.109. The molecule has 14 nitrogen and oxygen atoms in total. The number of para-hydroxylation sites is 1. The largest absolute Gasteiger partial charge is 0.453 e. The molecule has 4 amide bonds. The number of piperazine rings is 1. The Bertz CT molecular complexity index is 2730. The lowest BCUT2D eigenvalue weighted by Gasteiger charge is -2.40. The lowest BCUT2D eigenvalue weighted by Crippen LogP contribution is -2.52. The van der Waals surface area contributed by atoms with Crippen LogP contribution in [0.5, 0.6) is 11.5 Å². The molecule has 344 valence electrons. The van der Waals surface area contributed by atoms with Gasteiger partial charge in [-0.25, -0.2) is 9.97 Å². The molecule has 4 saturated heterocycles. The first kappa shape index (κ1) is 44.1. The second-order valence-corrected chi connectivity index (χ2v) is 18.5. The molecule has 2 aromatic heterocycles. The van der Waals surface area contributed by atoms with Gasteiger partial charge in [0.1, 0.15) is 22.1 Å². The highest BCUT2D eigenvalue weighted by Gasteiger charge is 2.32. The predicted molar refractivity (Wildman–Crippen MR) is 260 cm³/mol. The predicted octanol–water partition coefficient (Wildman–Crippen LogP) is 8.12. The lowest BCUT2D eigenvalue weighted by molar-refractivity contribution is -0.137. The van der Waals surface area contributed by atoms with E-state index in [1.54, 1.807) is 24.3 Å². The molecule has 10 rings (SSSR count). The Morgan fingerprint density at radius 3 is 2.10 bits per heavy atom. The van der Waals surface area contributed by atoms with Crippen molar-refractivity contribution in [3.8, 4) is 22.9 Å². The van der Waals surface area contributed by atoms with Crippen molar-refractivity contribution in [1.82, 2.24) is 30.1 Å². The van der Waals surface area contributed by atoms with Crippen LogP contribution in [0.2, 0.25) is 5.02 Å². The maximum Gasteiger partial charge on any atom is 0.255 e. The zero-order valence-corrected chi connectivity index (χ0v) is 38.1. The summed E-state index contributed by atoms with van der Waals surface area (Å²) in [6.07, 6.45) is 6.59. The Hall–Kier alpha value is -6.77. The third-order valence-corrected chi connectivity index (χ3v) is 14.1. The van der Waals surface area contributed by atoms with Crippen molar-refractivity contribution in [1.29, 1.82) is 0 Å². The van der Waals surface area contributed by atoms with Crippen LogP contribution >= 0.6 is 11.6 Å². The highest BCUT2D eigenvalue weighted by molar-refractivity contribution is 6.32. The van der Waals surface area contributed by atoms with Gasteiger partial charge in [0.05, 0.1) is 12.1 Å². The van der Waals surface area contributed by atoms with Crippen LogP contribution in [-0.2, 0) is 14.4 Å². The number of hydrogen-bond acceptors (Lipinski definition) is 10. The first-order chi connectivity index (χ1) is 32.7. The molecule has 6 heterocycles. The molecule has 67 heavy (non-hydrogen) atoms. The van der Waals surface area contributed by atoms with E-state index in [2.05, 4.69) is 64.5 Å². The molecule has 15 heteroatoms. The topological polar surface area (TPSA) is 156 Å². The average molecular weight is 921 g/mol. The number of anilines is 3. The Balaban J connectivity index is 0.667. The first-order valence-corrected chi connectivity index (χ1v) is 23.8. The summed E-state index contributed by atoms with van der Waals surface area (Å²) >= 11 is 6.60. The van der Waals surface area contributed by atoms with E-state index in [0.717, 1.165) is 94.0 Å². The molecule has 4 aromatic carbocycles. The van der Waals surface area contributed by atoms with Gasteiger partial charge in [-0.15, -0.1) is 0 Å². The zero-order valence-electron chi connectivity index (χ0n) is 37.3. The lowest BCUT2D eigenvalue weighted by atomic mass is 9.90. The SMILES string of the molecule is O=C1CC[C@H](c2ccc(N3CCC(CN4CCC(C(=O)N5CCN(c6ccc(-c7nc8ncc(Cl)c(Oc9ccc(C(=O)Nc%10ccccc%10)cc9)c8[nH]7)cc6)CC5)CC4)CC3)cc2)C(=O)N1. The summed E-state index contributed by atoms with van der Waals surface area (Å²) in [7, 11) is 0. The summed E-state index contributed by atoms with van der Waals surface area (Å²) in [6, 6.07) is 32.7. The van der Waals surface area contributed by atoms with Gasteiger partial charge >= 0.3 is 0 Å². The van der Waals surface area contributed by atoms with Crippen LogP contribution in [0.25, 0.3) is 22.6 Å². The Morgan fingerprint density at radius 1 is 0.746 bits per heavy atom. The summed E-state index contributed by atoms with van der Waals surface area (Å²) in [5.41, 5.74) is 6.39. The van der Waals surface area contributed by atoms with Gasteiger partial charge < -0.3 is 34.6 Å². The van der Waals surface area contributed by atoms with Crippen LogP contribution in [-0.4, -0.2) is 107 Å². The molecular formula is C52H54ClN9O5. The van der Waals surface area contributed by atoms with E-state index < -0.39 is 0 Å². The number of imidazole rings is 1. The van der Waals surface area contributed by atoms with Gasteiger partial charge in [-0.05, 0) is 129 Å². The third-order valence-electron chi connectivity index (χ3n) is 13.9. The molecule has 0 saturated carbocycles. The van der Waals surface area contributed by atoms with Gasteiger partial charge in [0, 0.05) is 86.3 Å². The summed E-state index contributed by atoms with van der Waals surface area (Å²) in [6.45, 7) is 8.03. The number of benzene rings is 4. The van der Waals surface area contributed by atoms with Crippen LogP contribution in [0, 0.1) is 11.8 Å². The number of carbonyl (C=O) groups is 4. The fraction of sp³-hybridized carbons (Fsp3) is 0.346. The normalized spacial score (nSPS) is 18.8. The van der Waals surface area contributed by atoms with Crippen molar-refractivity contribution in [3.63, 3.8) is 0 Å².